The molecular formula is C12H11FN2O. The highest BCUT2D eigenvalue weighted by Gasteiger charge is 2.09. The van der Waals surface area contributed by atoms with Gasteiger partial charge < -0.3 is 4.98 Å². The second kappa shape index (κ2) is 4.26. The van der Waals surface area contributed by atoms with Gasteiger partial charge in [-0.15, -0.1) is 0 Å². The quantitative estimate of drug-likeness (QED) is 0.839. The van der Waals surface area contributed by atoms with Gasteiger partial charge in [0.05, 0.1) is 12.0 Å². The normalized spacial score (nSPS) is 10.4. The summed E-state index contributed by atoms with van der Waals surface area (Å²) in [5, 5.41) is 0. The Morgan fingerprint density at radius 3 is 2.94 bits per heavy atom. The number of hydrogen-bond acceptors (Lipinski definition) is 2. The summed E-state index contributed by atoms with van der Waals surface area (Å²) in [5.74, 6) is -0.332. The summed E-state index contributed by atoms with van der Waals surface area (Å²) in [6.07, 6.45) is 1.90. The molecule has 0 aliphatic rings. The molecule has 0 bridgehead atoms. The number of nitrogens with zero attached hydrogens (tertiary/aromatic N) is 1. The molecule has 0 atom stereocenters. The fourth-order valence-corrected chi connectivity index (χ4v) is 1.64. The van der Waals surface area contributed by atoms with Crippen LogP contribution in [0.25, 0.3) is 11.3 Å². The lowest BCUT2D eigenvalue weighted by molar-refractivity contribution is 0.628. The van der Waals surface area contributed by atoms with Crippen LogP contribution in [0, 0.1) is 5.82 Å². The van der Waals surface area contributed by atoms with E-state index in [9.17, 15) is 9.18 Å². The van der Waals surface area contributed by atoms with Gasteiger partial charge in [-0.3, -0.25) is 4.79 Å². The number of H-pyrrole nitrogens is 1. The molecule has 1 aromatic heterocycles. The molecule has 82 valence electrons. The van der Waals surface area contributed by atoms with E-state index in [-0.39, 0.29) is 11.4 Å². The molecule has 1 N–H and O–H groups in total. The van der Waals surface area contributed by atoms with E-state index in [2.05, 4.69) is 9.97 Å². The van der Waals surface area contributed by atoms with Gasteiger partial charge in [-0.2, -0.15) is 0 Å². The van der Waals surface area contributed by atoms with Gasteiger partial charge in [0, 0.05) is 11.1 Å². The number of rotatable bonds is 2. The van der Waals surface area contributed by atoms with Crippen LogP contribution in [0.5, 0.6) is 0 Å². The Morgan fingerprint density at radius 2 is 2.25 bits per heavy atom. The Hall–Kier alpha value is -1.97. The van der Waals surface area contributed by atoms with Crippen LogP contribution >= 0.6 is 0 Å². The van der Waals surface area contributed by atoms with Crippen LogP contribution < -0.4 is 5.56 Å². The monoisotopic (exact) mass is 218 g/mol. The van der Waals surface area contributed by atoms with Crippen molar-refractivity contribution in [3.63, 3.8) is 0 Å². The molecule has 1 heterocycles. The first-order valence-electron chi connectivity index (χ1n) is 5.05. The first-order valence-corrected chi connectivity index (χ1v) is 5.05. The highest BCUT2D eigenvalue weighted by Crippen LogP contribution is 2.19. The molecule has 0 saturated carbocycles. The van der Waals surface area contributed by atoms with E-state index in [4.69, 9.17) is 0 Å². The lowest BCUT2D eigenvalue weighted by Gasteiger charge is -2.05. The average molecular weight is 218 g/mol. The standard InChI is InChI=1S/C12H11FN2O/c1-2-10-11(14-7-15-12(10)16)8-4-3-5-9(13)6-8/h3-7H,2H2,1H3,(H,14,15,16). The van der Waals surface area contributed by atoms with Crippen LogP contribution in [-0.4, -0.2) is 9.97 Å². The maximum atomic E-state index is 13.1. The van der Waals surface area contributed by atoms with E-state index in [0.29, 0.717) is 23.2 Å². The first-order chi connectivity index (χ1) is 7.72. The van der Waals surface area contributed by atoms with Gasteiger partial charge in [0.15, 0.2) is 0 Å². The first kappa shape index (κ1) is 10.5. The van der Waals surface area contributed by atoms with E-state index in [1.165, 1.54) is 18.5 Å². The molecule has 1 aromatic carbocycles. The minimum absolute atomic E-state index is 0.170. The number of benzene rings is 1. The molecule has 16 heavy (non-hydrogen) atoms. The van der Waals surface area contributed by atoms with Gasteiger partial charge in [-0.1, -0.05) is 19.1 Å². The molecule has 2 aromatic rings. The van der Waals surface area contributed by atoms with Crippen LogP contribution in [0.3, 0.4) is 0 Å². The van der Waals surface area contributed by atoms with Gasteiger partial charge >= 0.3 is 0 Å². The Kier molecular flexibility index (Phi) is 2.81. The maximum absolute atomic E-state index is 13.1. The molecule has 0 saturated heterocycles. The minimum Gasteiger partial charge on any atom is -0.313 e. The predicted octanol–water partition coefficient (Wildman–Crippen LogP) is 2.14. The number of aromatic nitrogens is 2. The molecule has 0 aliphatic heterocycles. The van der Waals surface area contributed by atoms with E-state index < -0.39 is 0 Å². The zero-order valence-corrected chi connectivity index (χ0v) is 8.83. The van der Waals surface area contributed by atoms with Crippen LogP contribution in [0.1, 0.15) is 12.5 Å². The summed E-state index contributed by atoms with van der Waals surface area (Å²) in [5.41, 5.74) is 1.58. The van der Waals surface area contributed by atoms with Crippen molar-refractivity contribution in [1.29, 1.82) is 0 Å². The number of aromatic amines is 1. The fourth-order valence-electron chi connectivity index (χ4n) is 1.64. The molecule has 0 spiro atoms. The summed E-state index contributed by atoms with van der Waals surface area (Å²) in [6, 6.07) is 6.08. The summed E-state index contributed by atoms with van der Waals surface area (Å²) < 4.78 is 13.1. The second-order valence-electron chi connectivity index (χ2n) is 3.42. The SMILES string of the molecule is CCc1c(-c2cccc(F)c2)nc[nH]c1=O. The van der Waals surface area contributed by atoms with Gasteiger partial charge in [0.1, 0.15) is 5.82 Å². The Labute approximate surface area is 92.0 Å². The van der Waals surface area contributed by atoms with E-state index >= 15 is 0 Å². The second-order valence-corrected chi connectivity index (χ2v) is 3.42. The molecule has 0 aliphatic carbocycles. The van der Waals surface area contributed by atoms with E-state index in [1.807, 2.05) is 6.92 Å². The maximum Gasteiger partial charge on any atom is 0.254 e. The predicted molar refractivity (Wildman–Crippen MR) is 59.6 cm³/mol. The topological polar surface area (TPSA) is 45.8 Å². The smallest absolute Gasteiger partial charge is 0.254 e. The van der Waals surface area contributed by atoms with Crippen molar-refractivity contribution in [1.82, 2.24) is 9.97 Å². The third-order valence-electron chi connectivity index (χ3n) is 2.40. The Bertz CT molecular complexity index is 563. The molecular weight excluding hydrogens is 207 g/mol. The highest BCUT2D eigenvalue weighted by molar-refractivity contribution is 5.62. The minimum atomic E-state index is -0.332. The van der Waals surface area contributed by atoms with Crippen LogP contribution in [0.4, 0.5) is 4.39 Å². The largest absolute Gasteiger partial charge is 0.313 e. The van der Waals surface area contributed by atoms with Gasteiger partial charge in [-0.25, -0.2) is 9.37 Å². The van der Waals surface area contributed by atoms with Crippen molar-refractivity contribution in [3.05, 3.63) is 52.3 Å². The van der Waals surface area contributed by atoms with Gasteiger partial charge in [0.2, 0.25) is 0 Å². The lowest BCUT2D eigenvalue weighted by atomic mass is 10.1. The van der Waals surface area contributed by atoms with Crippen molar-refractivity contribution < 1.29 is 4.39 Å². The Morgan fingerprint density at radius 1 is 1.44 bits per heavy atom. The number of halogens is 1. The van der Waals surface area contributed by atoms with Crippen molar-refractivity contribution in [2.45, 2.75) is 13.3 Å². The Balaban J connectivity index is 2.64. The number of hydrogen-bond donors (Lipinski definition) is 1. The molecule has 4 heteroatoms. The zero-order valence-electron chi connectivity index (χ0n) is 8.83. The number of nitrogens with one attached hydrogen (secondary N) is 1. The third-order valence-corrected chi connectivity index (χ3v) is 2.40. The van der Waals surface area contributed by atoms with Gasteiger partial charge in [0.25, 0.3) is 5.56 Å². The summed E-state index contributed by atoms with van der Waals surface area (Å²) in [7, 11) is 0. The highest BCUT2D eigenvalue weighted by atomic mass is 19.1. The summed E-state index contributed by atoms with van der Waals surface area (Å²) >= 11 is 0. The fraction of sp³-hybridized carbons (Fsp3) is 0.167. The van der Waals surface area contributed by atoms with Crippen molar-refractivity contribution in [3.8, 4) is 11.3 Å². The molecule has 3 nitrogen and oxygen atoms in total. The lowest BCUT2D eigenvalue weighted by Crippen LogP contribution is -2.14. The third kappa shape index (κ3) is 1.86. The van der Waals surface area contributed by atoms with E-state index in [1.54, 1.807) is 12.1 Å². The van der Waals surface area contributed by atoms with Crippen molar-refractivity contribution >= 4 is 0 Å². The molecule has 0 unspecified atom stereocenters. The molecule has 0 amide bonds. The summed E-state index contributed by atoms with van der Waals surface area (Å²) in [4.78, 5) is 18.2. The summed E-state index contributed by atoms with van der Waals surface area (Å²) in [6.45, 7) is 1.87. The van der Waals surface area contributed by atoms with E-state index in [0.717, 1.165) is 0 Å². The molecule has 0 fully saturated rings. The van der Waals surface area contributed by atoms with Crippen LogP contribution in [0.2, 0.25) is 0 Å². The van der Waals surface area contributed by atoms with Crippen molar-refractivity contribution in [2.24, 2.45) is 0 Å². The molecule has 0 radical (unpaired) electrons. The molecule has 2 rings (SSSR count). The van der Waals surface area contributed by atoms with Crippen LogP contribution in [0.15, 0.2) is 35.4 Å². The van der Waals surface area contributed by atoms with Crippen molar-refractivity contribution in [2.75, 3.05) is 0 Å². The zero-order chi connectivity index (χ0) is 11.5. The van der Waals surface area contributed by atoms with Crippen LogP contribution in [-0.2, 0) is 6.42 Å². The van der Waals surface area contributed by atoms with Gasteiger partial charge in [-0.05, 0) is 18.6 Å². The average Bonchev–Trinajstić information content (AvgIpc) is 2.28.